The van der Waals surface area contributed by atoms with Gasteiger partial charge in [0.25, 0.3) is 0 Å². The van der Waals surface area contributed by atoms with Crippen molar-refractivity contribution in [2.75, 3.05) is 19.8 Å². The molecule has 1 aliphatic carbocycles. The van der Waals surface area contributed by atoms with Crippen LogP contribution in [0.4, 0.5) is 0 Å². The van der Waals surface area contributed by atoms with Crippen LogP contribution in [-0.4, -0.2) is 37.9 Å². The summed E-state index contributed by atoms with van der Waals surface area (Å²) in [6.45, 7) is 10.9. The Morgan fingerprint density at radius 1 is 1.14 bits per heavy atom. The Morgan fingerprint density at radius 2 is 1.82 bits per heavy atom. The van der Waals surface area contributed by atoms with E-state index in [0.29, 0.717) is 24.7 Å². The molecule has 0 unspecified atom stereocenters. The van der Waals surface area contributed by atoms with Gasteiger partial charge < -0.3 is 14.2 Å². The van der Waals surface area contributed by atoms with E-state index in [1.807, 2.05) is 6.08 Å². The molecule has 5 nitrogen and oxygen atoms in total. The molecule has 158 valence electrons. The summed E-state index contributed by atoms with van der Waals surface area (Å²) in [5, 5.41) is 0. The minimum absolute atomic E-state index is 0.0817. The monoisotopic (exact) mass is 392 g/mol. The number of allylic oxidation sites excluding steroid dienone is 2. The first-order chi connectivity index (χ1) is 13.5. The molecule has 0 aromatic carbocycles. The van der Waals surface area contributed by atoms with Gasteiger partial charge in [0.15, 0.2) is 5.41 Å². The lowest BCUT2D eigenvalue weighted by molar-refractivity contribution is -0.176. The quantitative estimate of drug-likeness (QED) is 0.347. The summed E-state index contributed by atoms with van der Waals surface area (Å²) >= 11 is 0. The second-order valence-electron chi connectivity index (χ2n) is 8.05. The van der Waals surface area contributed by atoms with Gasteiger partial charge in [-0.25, -0.2) is 0 Å². The summed E-state index contributed by atoms with van der Waals surface area (Å²) < 4.78 is 16.5. The van der Waals surface area contributed by atoms with Crippen LogP contribution < -0.4 is 0 Å². The number of esters is 2. The molecular formula is C23H36O5. The Bertz CT molecular complexity index is 549. The Morgan fingerprint density at radius 3 is 2.39 bits per heavy atom. The Hall–Kier alpha value is -1.62. The zero-order valence-electron chi connectivity index (χ0n) is 17.7. The fourth-order valence-corrected chi connectivity index (χ4v) is 4.49. The van der Waals surface area contributed by atoms with Gasteiger partial charge in [-0.15, -0.1) is 6.58 Å². The molecule has 0 radical (unpaired) electrons. The Balaban J connectivity index is 2.26. The van der Waals surface area contributed by atoms with E-state index in [9.17, 15) is 9.59 Å². The zero-order chi connectivity index (χ0) is 20.6. The van der Waals surface area contributed by atoms with Crippen molar-refractivity contribution < 1.29 is 23.8 Å². The number of carbonyl (C=O) groups is 2. The molecule has 0 amide bonds. The lowest BCUT2D eigenvalue weighted by Crippen LogP contribution is -2.47. The maximum absolute atomic E-state index is 12.8. The van der Waals surface area contributed by atoms with Gasteiger partial charge in [0, 0.05) is 6.61 Å². The van der Waals surface area contributed by atoms with E-state index < -0.39 is 17.4 Å². The minimum Gasteiger partial charge on any atom is -0.465 e. The number of rotatable bonds is 8. The predicted molar refractivity (Wildman–Crippen MR) is 109 cm³/mol. The van der Waals surface area contributed by atoms with E-state index in [0.717, 1.165) is 32.3 Å². The van der Waals surface area contributed by atoms with E-state index >= 15 is 0 Å². The second-order valence-corrected chi connectivity index (χ2v) is 8.05. The molecule has 28 heavy (non-hydrogen) atoms. The summed E-state index contributed by atoms with van der Waals surface area (Å²) in [5.41, 5.74) is -1.21. The molecule has 2 aliphatic rings. The van der Waals surface area contributed by atoms with Gasteiger partial charge in [-0.3, -0.25) is 9.59 Å². The molecule has 5 heteroatoms. The molecule has 4 atom stereocenters. The van der Waals surface area contributed by atoms with Crippen molar-refractivity contribution in [3.63, 3.8) is 0 Å². The molecule has 0 aromatic heterocycles. The van der Waals surface area contributed by atoms with E-state index in [4.69, 9.17) is 14.2 Å². The number of ether oxygens (including phenoxy) is 3. The van der Waals surface area contributed by atoms with Crippen LogP contribution in [0.2, 0.25) is 0 Å². The van der Waals surface area contributed by atoms with Gasteiger partial charge in [0.05, 0.1) is 19.3 Å². The average molecular weight is 393 g/mol. The predicted octanol–water partition coefficient (Wildman–Crippen LogP) is 4.46. The van der Waals surface area contributed by atoms with Crippen LogP contribution in [0.15, 0.2) is 24.8 Å². The van der Waals surface area contributed by atoms with Gasteiger partial charge in [-0.2, -0.15) is 0 Å². The van der Waals surface area contributed by atoms with Crippen LogP contribution in [0.3, 0.4) is 0 Å². The topological polar surface area (TPSA) is 61.8 Å². The molecule has 0 bridgehead atoms. The third-order valence-electron chi connectivity index (χ3n) is 6.16. The molecule has 1 saturated carbocycles. The van der Waals surface area contributed by atoms with Gasteiger partial charge >= 0.3 is 11.9 Å². The summed E-state index contributed by atoms with van der Waals surface area (Å²) in [5.74, 6) is 0.00611. The highest BCUT2D eigenvalue weighted by molar-refractivity contribution is 6.00. The van der Waals surface area contributed by atoms with Crippen molar-refractivity contribution in [2.45, 2.75) is 65.4 Å². The van der Waals surface area contributed by atoms with Crippen LogP contribution in [0.5, 0.6) is 0 Å². The molecule has 0 aromatic rings. The van der Waals surface area contributed by atoms with E-state index in [2.05, 4.69) is 25.7 Å². The molecule has 0 spiro atoms. The average Bonchev–Trinajstić information content (AvgIpc) is 2.69. The van der Waals surface area contributed by atoms with E-state index in [-0.39, 0.29) is 25.2 Å². The second kappa shape index (κ2) is 10.8. The van der Waals surface area contributed by atoms with E-state index in [1.54, 1.807) is 13.8 Å². The van der Waals surface area contributed by atoms with Crippen LogP contribution in [0, 0.1) is 23.2 Å². The Kier molecular flexibility index (Phi) is 8.74. The summed E-state index contributed by atoms with van der Waals surface area (Å²) in [7, 11) is 0. The first kappa shape index (κ1) is 22.7. The van der Waals surface area contributed by atoms with Crippen molar-refractivity contribution in [3.05, 3.63) is 24.8 Å². The van der Waals surface area contributed by atoms with Crippen LogP contribution in [0.1, 0.15) is 59.3 Å². The normalized spacial score (nSPS) is 30.0. The largest absolute Gasteiger partial charge is 0.465 e. The standard InChI is InChI=1S/C23H36O5/c1-5-9-18-13-14-23(21(24)26-6-2,22(25)27-7-3)16-19(18)11-12-20-17(4)10-8-15-28-20/h5,11-12,17-20H,1,6-10,13-16H2,2-4H3/b12-11+/t17-,18+,19+,20-/m1/s1. The summed E-state index contributed by atoms with van der Waals surface area (Å²) in [4.78, 5) is 25.6. The molecule has 1 aliphatic heterocycles. The highest BCUT2D eigenvalue weighted by atomic mass is 16.6. The SMILES string of the molecule is C=CC[C@H]1CCC(C(=O)OCC)(C(=O)OCC)C[C@@H]1/C=C/[C@H]1OCCC[C@H]1C. The van der Waals surface area contributed by atoms with Crippen molar-refractivity contribution in [3.8, 4) is 0 Å². The molecule has 1 heterocycles. The zero-order valence-corrected chi connectivity index (χ0v) is 17.7. The van der Waals surface area contributed by atoms with Gasteiger partial charge in [-0.05, 0) is 70.1 Å². The van der Waals surface area contributed by atoms with Crippen LogP contribution in [-0.2, 0) is 23.8 Å². The molecule has 2 rings (SSSR count). The maximum Gasteiger partial charge on any atom is 0.323 e. The first-order valence-corrected chi connectivity index (χ1v) is 10.7. The van der Waals surface area contributed by atoms with Crippen LogP contribution in [0.25, 0.3) is 0 Å². The van der Waals surface area contributed by atoms with Crippen molar-refractivity contribution >= 4 is 11.9 Å². The minimum atomic E-state index is -1.21. The van der Waals surface area contributed by atoms with Gasteiger partial charge in [0.1, 0.15) is 0 Å². The van der Waals surface area contributed by atoms with E-state index in [1.165, 1.54) is 0 Å². The van der Waals surface area contributed by atoms with Crippen LogP contribution >= 0.6 is 0 Å². The van der Waals surface area contributed by atoms with Gasteiger partial charge in [-0.1, -0.05) is 25.2 Å². The third kappa shape index (κ3) is 5.25. The van der Waals surface area contributed by atoms with Gasteiger partial charge in [0.2, 0.25) is 0 Å². The third-order valence-corrected chi connectivity index (χ3v) is 6.16. The maximum atomic E-state index is 12.8. The Labute approximate surface area is 169 Å². The fourth-order valence-electron chi connectivity index (χ4n) is 4.49. The van der Waals surface area contributed by atoms with Crippen molar-refractivity contribution in [1.82, 2.24) is 0 Å². The highest BCUT2D eigenvalue weighted by Gasteiger charge is 2.53. The first-order valence-electron chi connectivity index (χ1n) is 10.7. The lowest BCUT2D eigenvalue weighted by Gasteiger charge is -2.40. The smallest absolute Gasteiger partial charge is 0.323 e. The van der Waals surface area contributed by atoms with Crippen molar-refractivity contribution in [1.29, 1.82) is 0 Å². The van der Waals surface area contributed by atoms with Crippen molar-refractivity contribution in [2.24, 2.45) is 23.2 Å². The number of hydrogen-bond acceptors (Lipinski definition) is 5. The highest BCUT2D eigenvalue weighted by Crippen LogP contribution is 2.46. The molecule has 0 N–H and O–H groups in total. The molecule has 2 fully saturated rings. The number of hydrogen-bond donors (Lipinski definition) is 0. The molecule has 1 saturated heterocycles. The fraction of sp³-hybridized carbons (Fsp3) is 0.739. The number of carbonyl (C=O) groups excluding carboxylic acids is 2. The molecular weight excluding hydrogens is 356 g/mol. The lowest BCUT2D eigenvalue weighted by atomic mass is 9.64. The summed E-state index contributed by atoms with van der Waals surface area (Å²) in [6, 6.07) is 0. The summed E-state index contributed by atoms with van der Waals surface area (Å²) in [6.07, 6.45) is 11.1.